The highest BCUT2D eigenvalue weighted by Gasteiger charge is 2.56. The van der Waals surface area contributed by atoms with Crippen LogP contribution < -0.4 is 15.4 Å². The second-order valence-electron chi connectivity index (χ2n) is 6.08. The summed E-state index contributed by atoms with van der Waals surface area (Å²) in [5, 5.41) is 5.65. The average Bonchev–Trinajstić information content (AvgIpc) is 3.39. The smallest absolute Gasteiger partial charge is 0.240 e. The van der Waals surface area contributed by atoms with Crippen LogP contribution in [0.5, 0.6) is 5.75 Å². The van der Waals surface area contributed by atoms with Gasteiger partial charge in [-0.15, -0.1) is 0 Å². The molecule has 0 unspecified atom stereocenters. The van der Waals surface area contributed by atoms with Crippen LogP contribution in [0.2, 0.25) is 0 Å². The Morgan fingerprint density at radius 2 is 1.33 bits per heavy atom. The Bertz CT molecular complexity index is 747. The zero-order chi connectivity index (χ0) is 17.2. The average molecular weight is 324 g/mol. The molecule has 5 heteroatoms. The largest absolute Gasteiger partial charge is 0.497 e. The summed E-state index contributed by atoms with van der Waals surface area (Å²) >= 11 is 0. The number of carbonyl (C=O) groups is 2. The predicted octanol–water partition coefficient (Wildman–Crippen LogP) is 3.36. The summed E-state index contributed by atoms with van der Waals surface area (Å²) in [6.45, 7) is 1.98. The van der Waals surface area contributed by atoms with E-state index in [-0.39, 0.29) is 11.8 Å². The van der Waals surface area contributed by atoms with Crippen LogP contribution in [0.25, 0.3) is 0 Å². The van der Waals surface area contributed by atoms with Crippen LogP contribution >= 0.6 is 0 Å². The third-order valence-corrected chi connectivity index (χ3v) is 4.28. The second-order valence-corrected chi connectivity index (χ2v) is 6.08. The first-order valence-electron chi connectivity index (χ1n) is 7.87. The number of rotatable bonds is 5. The number of amides is 2. The summed E-state index contributed by atoms with van der Waals surface area (Å²) in [5.41, 5.74) is 1.50. The Labute approximate surface area is 141 Å². The van der Waals surface area contributed by atoms with E-state index in [1.165, 1.54) is 0 Å². The van der Waals surface area contributed by atoms with Crippen LogP contribution in [-0.4, -0.2) is 18.9 Å². The Kier molecular flexibility index (Phi) is 4.25. The number of anilines is 2. The molecule has 0 atom stereocenters. The van der Waals surface area contributed by atoms with E-state index in [2.05, 4.69) is 10.6 Å². The number of carbonyl (C=O) groups excluding carboxylic acids is 2. The van der Waals surface area contributed by atoms with Crippen molar-refractivity contribution in [3.63, 3.8) is 0 Å². The summed E-state index contributed by atoms with van der Waals surface area (Å²) in [5.74, 6) is 0.195. The fourth-order valence-electron chi connectivity index (χ4n) is 2.49. The van der Waals surface area contributed by atoms with E-state index < -0.39 is 5.41 Å². The van der Waals surface area contributed by atoms with Gasteiger partial charge in [-0.2, -0.15) is 0 Å². The lowest BCUT2D eigenvalue weighted by molar-refractivity contribution is -0.131. The van der Waals surface area contributed by atoms with Gasteiger partial charge in [0.2, 0.25) is 11.8 Å². The van der Waals surface area contributed by atoms with Gasteiger partial charge >= 0.3 is 0 Å². The predicted molar refractivity (Wildman–Crippen MR) is 93.1 cm³/mol. The van der Waals surface area contributed by atoms with Crippen molar-refractivity contribution in [3.05, 3.63) is 54.1 Å². The first kappa shape index (κ1) is 16.1. The molecule has 0 aliphatic heterocycles. The molecule has 0 radical (unpaired) electrons. The molecule has 0 saturated heterocycles. The summed E-state index contributed by atoms with van der Waals surface area (Å²) in [7, 11) is 1.59. The van der Waals surface area contributed by atoms with Gasteiger partial charge in [-0.05, 0) is 56.2 Å². The quantitative estimate of drug-likeness (QED) is 0.829. The number of hydrogen-bond donors (Lipinski definition) is 2. The summed E-state index contributed by atoms with van der Waals surface area (Å²) in [4.78, 5) is 25.1. The SMILES string of the molecule is COc1ccc(NC(=O)C2(C(=O)Nc3ccc(C)cc3)CC2)cc1. The van der Waals surface area contributed by atoms with Gasteiger partial charge in [0, 0.05) is 11.4 Å². The first-order chi connectivity index (χ1) is 11.5. The van der Waals surface area contributed by atoms with Gasteiger partial charge < -0.3 is 15.4 Å². The standard InChI is InChI=1S/C19H20N2O3/c1-13-3-5-14(6-4-13)20-17(22)19(11-12-19)18(23)21-15-7-9-16(24-2)10-8-15/h3-10H,11-12H2,1-2H3,(H,20,22)(H,21,23). The molecule has 1 fully saturated rings. The van der Waals surface area contributed by atoms with E-state index in [9.17, 15) is 9.59 Å². The molecule has 124 valence electrons. The zero-order valence-corrected chi connectivity index (χ0v) is 13.8. The van der Waals surface area contributed by atoms with Gasteiger partial charge in [0.15, 0.2) is 0 Å². The molecule has 0 aromatic heterocycles. The highest BCUT2D eigenvalue weighted by atomic mass is 16.5. The van der Waals surface area contributed by atoms with E-state index >= 15 is 0 Å². The van der Waals surface area contributed by atoms with Crippen molar-refractivity contribution >= 4 is 23.2 Å². The molecule has 1 saturated carbocycles. The topological polar surface area (TPSA) is 67.4 Å². The van der Waals surface area contributed by atoms with Gasteiger partial charge in [-0.1, -0.05) is 17.7 Å². The second kappa shape index (κ2) is 6.35. The van der Waals surface area contributed by atoms with E-state index in [0.29, 0.717) is 30.0 Å². The fourth-order valence-corrected chi connectivity index (χ4v) is 2.49. The molecule has 1 aliphatic rings. The molecule has 2 aromatic rings. The normalized spacial score (nSPS) is 14.6. The molecule has 2 N–H and O–H groups in total. The van der Waals surface area contributed by atoms with Crippen LogP contribution in [0.15, 0.2) is 48.5 Å². The van der Waals surface area contributed by atoms with Crippen LogP contribution in [0.4, 0.5) is 11.4 Å². The minimum atomic E-state index is -0.967. The van der Waals surface area contributed by atoms with Crippen molar-refractivity contribution in [2.75, 3.05) is 17.7 Å². The highest BCUT2D eigenvalue weighted by Crippen LogP contribution is 2.47. The van der Waals surface area contributed by atoms with Crippen LogP contribution in [0.3, 0.4) is 0 Å². The molecule has 1 aliphatic carbocycles. The molecule has 3 rings (SSSR count). The fraction of sp³-hybridized carbons (Fsp3) is 0.263. The van der Waals surface area contributed by atoms with Gasteiger partial charge in [0.1, 0.15) is 11.2 Å². The van der Waals surface area contributed by atoms with Crippen molar-refractivity contribution < 1.29 is 14.3 Å². The first-order valence-corrected chi connectivity index (χ1v) is 7.87. The maximum atomic E-state index is 12.5. The van der Waals surface area contributed by atoms with Crippen LogP contribution in [-0.2, 0) is 9.59 Å². The minimum Gasteiger partial charge on any atom is -0.497 e. The number of ether oxygens (including phenoxy) is 1. The third-order valence-electron chi connectivity index (χ3n) is 4.28. The Morgan fingerprint density at radius 1 is 0.875 bits per heavy atom. The van der Waals surface area contributed by atoms with Gasteiger partial charge in [-0.3, -0.25) is 9.59 Å². The Morgan fingerprint density at radius 3 is 1.75 bits per heavy atom. The Hall–Kier alpha value is -2.82. The molecular weight excluding hydrogens is 304 g/mol. The number of hydrogen-bond acceptors (Lipinski definition) is 3. The van der Waals surface area contributed by atoms with E-state index in [4.69, 9.17) is 4.74 Å². The number of benzene rings is 2. The highest BCUT2D eigenvalue weighted by molar-refractivity contribution is 6.16. The third kappa shape index (κ3) is 3.25. The Balaban J connectivity index is 1.66. The summed E-state index contributed by atoms with van der Waals surface area (Å²) in [6, 6.07) is 14.6. The molecular formula is C19H20N2O3. The number of nitrogens with one attached hydrogen (secondary N) is 2. The molecule has 2 aromatic carbocycles. The summed E-state index contributed by atoms with van der Waals surface area (Å²) in [6.07, 6.45) is 1.12. The maximum absolute atomic E-state index is 12.5. The van der Waals surface area contributed by atoms with Crippen molar-refractivity contribution in [1.29, 1.82) is 0 Å². The zero-order valence-electron chi connectivity index (χ0n) is 13.8. The van der Waals surface area contributed by atoms with Gasteiger partial charge in [-0.25, -0.2) is 0 Å². The lowest BCUT2D eigenvalue weighted by atomic mass is 10.0. The van der Waals surface area contributed by atoms with Crippen LogP contribution in [0, 0.1) is 12.3 Å². The lowest BCUT2D eigenvalue weighted by Crippen LogP contribution is -2.35. The van der Waals surface area contributed by atoms with E-state index in [1.54, 1.807) is 31.4 Å². The minimum absolute atomic E-state index is 0.252. The van der Waals surface area contributed by atoms with E-state index in [1.807, 2.05) is 31.2 Å². The summed E-state index contributed by atoms with van der Waals surface area (Å²) < 4.78 is 5.09. The molecule has 5 nitrogen and oxygen atoms in total. The van der Waals surface area contributed by atoms with Crippen molar-refractivity contribution in [3.8, 4) is 5.75 Å². The molecule has 0 heterocycles. The van der Waals surface area contributed by atoms with Crippen molar-refractivity contribution in [1.82, 2.24) is 0 Å². The van der Waals surface area contributed by atoms with Crippen molar-refractivity contribution in [2.24, 2.45) is 5.41 Å². The van der Waals surface area contributed by atoms with Gasteiger partial charge in [0.25, 0.3) is 0 Å². The molecule has 0 spiro atoms. The van der Waals surface area contributed by atoms with Gasteiger partial charge in [0.05, 0.1) is 7.11 Å². The van der Waals surface area contributed by atoms with Crippen LogP contribution in [0.1, 0.15) is 18.4 Å². The monoisotopic (exact) mass is 324 g/mol. The van der Waals surface area contributed by atoms with E-state index in [0.717, 1.165) is 5.56 Å². The lowest BCUT2D eigenvalue weighted by Gasteiger charge is -2.15. The molecule has 2 amide bonds. The molecule has 24 heavy (non-hydrogen) atoms. The molecule has 0 bridgehead atoms. The van der Waals surface area contributed by atoms with Crippen molar-refractivity contribution in [2.45, 2.75) is 19.8 Å². The number of methoxy groups -OCH3 is 1. The maximum Gasteiger partial charge on any atom is 0.240 e. The number of aryl methyl sites for hydroxylation is 1.